The molecule has 8 nitrogen and oxygen atoms in total. The van der Waals surface area contributed by atoms with Gasteiger partial charge in [-0.15, -0.1) is 0 Å². The zero-order chi connectivity index (χ0) is 15.9. The van der Waals surface area contributed by atoms with E-state index in [1.54, 1.807) is 18.9 Å². The van der Waals surface area contributed by atoms with Gasteiger partial charge in [0.15, 0.2) is 17.5 Å². The van der Waals surface area contributed by atoms with Crippen LogP contribution in [0.1, 0.15) is 11.4 Å². The summed E-state index contributed by atoms with van der Waals surface area (Å²) < 4.78 is 12.1. The number of hydrogen-bond donors (Lipinski definition) is 2. The fourth-order valence-corrected chi connectivity index (χ4v) is 1.86. The molecule has 8 heteroatoms. The number of aryl methyl sites for hydroxylation is 1. The van der Waals surface area contributed by atoms with Crippen LogP contribution in [0.25, 0.3) is 0 Å². The van der Waals surface area contributed by atoms with Gasteiger partial charge < -0.3 is 20.5 Å². The van der Waals surface area contributed by atoms with Gasteiger partial charge in [-0.2, -0.15) is 5.10 Å². The Bertz CT molecular complexity index is 653. The molecule has 22 heavy (non-hydrogen) atoms. The Morgan fingerprint density at radius 2 is 2.09 bits per heavy atom. The lowest BCUT2D eigenvalue weighted by molar-refractivity contribution is 0.354. The molecule has 0 saturated carbocycles. The second-order valence-electron chi connectivity index (χ2n) is 4.54. The van der Waals surface area contributed by atoms with Gasteiger partial charge in [-0.1, -0.05) is 6.07 Å². The topological polar surface area (TPSA) is 99.6 Å². The first-order valence-electron chi connectivity index (χ1n) is 6.71. The van der Waals surface area contributed by atoms with E-state index < -0.39 is 0 Å². The van der Waals surface area contributed by atoms with Crippen LogP contribution in [-0.4, -0.2) is 34.9 Å². The van der Waals surface area contributed by atoms with E-state index in [0.29, 0.717) is 30.5 Å². The molecule has 1 aromatic carbocycles. The van der Waals surface area contributed by atoms with Crippen molar-refractivity contribution in [3.63, 3.8) is 0 Å². The van der Waals surface area contributed by atoms with Crippen molar-refractivity contribution in [1.29, 1.82) is 0 Å². The van der Waals surface area contributed by atoms with Crippen molar-refractivity contribution >= 4 is 5.96 Å². The Kier molecular flexibility index (Phi) is 5.18. The van der Waals surface area contributed by atoms with Crippen LogP contribution >= 0.6 is 0 Å². The quantitative estimate of drug-likeness (QED) is 0.593. The normalized spacial score (nSPS) is 11.3. The molecular formula is C14H20N6O2. The zero-order valence-electron chi connectivity index (χ0n) is 12.9. The summed E-state index contributed by atoms with van der Waals surface area (Å²) in [4.78, 5) is 8.38. The van der Waals surface area contributed by atoms with Gasteiger partial charge in [-0.3, -0.25) is 4.68 Å². The number of nitrogens with two attached hydrogens (primary N) is 1. The fraction of sp³-hybridized carbons (Fsp3) is 0.357. The molecule has 3 N–H and O–H groups in total. The monoisotopic (exact) mass is 304 g/mol. The van der Waals surface area contributed by atoms with E-state index in [1.807, 2.05) is 25.2 Å². The Hall–Kier alpha value is -2.77. The van der Waals surface area contributed by atoms with Gasteiger partial charge in [0.1, 0.15) is 12.2 Å². The zero-order valence-corrected chi connectivity index (χ0v) is 12.9. The maximum atomic E-state index is 5.84. The van der Waals surface area contributed by atoms with Crippen molar-refractivity contribution in [2.45, 2.75) is 13.1 Å². The third-order valence-corrected chi connectivity index (χ3v) is 3.11. The Balaban J connectivity index is 1.94. The predicted molar refractivity (Wildman–Crippen MR) is 82.7 cm³/mol. The number of methoxy groups -OCH3 is 2. The van der Waals surface area contributed by atoms with E-state index in [0.717, 1.165) is 11.4 Å². The smallest absolute Gasteiger partial charge is 0.189 e. The number of ether oxygens (including phenoxy) is 2. The van der Waals surface area contributed by atoms with Crippen molar-refractivity contribution in [3.05, 3.63) is 35.9 Å². The molecule has 1 aromatic heterocycles. The van der Waals surface area contributed by atoms with Gasteiger partial charge in [0.25, 0.3) is 0 Å². The highest BCUT2D eigenvalue weighted by Gasteiger charge is 2.04. The minimum atomic E-state index is 0.345. The molecule has 0 radical (unpaired) electrons. The summed E-state index contributed by atoms with van der Waals surface area (Å²) in [5, 5.41) is 6.98. The largest absolute Gasteiger partial charge is 0.493 e. The van der Waals surface area contributed by atoms with Crippen LogP contribution in [0.5, 0.6) is 11.5 Å². The molecule has 0 aliphatic carbocycles. The molecule has 118 valence electrons. The van der Waals surface area contributed by atoms with E-state index in [9.17, 15) is 0 Å². The molecule has 2 rings (SSSR count). The Labute approximate surface area is 129 Å². The lowest BCUT2D eigenvalue weighted by Gasteiger charge is -2.09. The van der Waals surface area contributed by atoms with Crippen LogP contribution in [-0.2, 0) is 20.1 Å². The van der Waals surface area contributed by atoms with Crippen molar-refractivity contribution in [3.8, 4) is 11.5 Å². The van der Waals surface area contributed by atoms with E-state index in [-0.39, 0.29) is 0 Å². The molecule has 0 bridgehead atoms. The lowest BCUT2D eigenvalue weighted by atomic mass is 10.2. The molecule has 0 atom stereocenters. The van der Waals surface area contributed by atoms with Crippen LogP contribution in [0.3, 0.4) is 0 Å². The predicted octanol–water partition coefficient (Wildman–Crippen LogP) is 0.437. The van der Waals surface area contributed by atoms with Gasteiger partial charge in [0.05, 0.1) is 27.3 Å². The van der Waals surface area contributed by atoms with Crippen molar-refractivity contribution in [2.75, 3.05) is 14.2 Å². The minimum absolute atomic E-state index is 0.345. The first-order valence-corrected chi connectivity index (χ1v) is 6.71. The first-order chi connectivity index (χ1) is 10.6. The average Bonchev–Trinajstić information content (AvgIpc) is 2.95. The van der Waals surface area contributed by atoms with Gasteiger partial charge in [-0.05, 0) is 17.7 Å². The molecular weight excluding hydrogens is 284 g/mol. The third kappa shape index (κ3) is 3.87. The molecule has 0 saturated heterocycles. The molecule has 0 aliphatic heterocycles. The highest BCUT2D eigenvalue weighted by atomic mass is 16.5. The van der Waals surface area contributed by atoms with E-state index in [4.69, 9.17) is 15.2 Å². The van der Waals surface area contributed by atoms with Crippen LogP contribution in [0.4, 0.5) is 0 Å². The van der Waals surface area contributed by atoms with E-state index in [2.05, 4.69) is 20.4 Å². The number of aliphatic imine (C=N–C) groups is 1. The summed E-state index contributed by atoms with van der Waals surface area (Å²) >= 11 is 0. The minimum Gasteiger partial charge on any atom is -0.493 e. The first kappa shape index (κ1) is 15.6. The maximum absolute atomic E-state index is 5.84. The van der Waals surface area contributed by atoms with Crippen LogP contribution in [0.2, 0.25) is 0 Å². The van der Waals surface area contributed by atoms with Crippen molar-refractivity contribution < 1.29 is 9.47 Å². The summed E-state index contributed by atoms with van der Waals surface area (Å²) in [5.41, 5.74) is 6.81. The highest BCUT2D eigenvalue weighted by Crippen LogP contribution is 2.27. The second-order valence-corrected chi connectivity index (χ2v) is 4.54. The summed E-state index contributed by atoms with van der Waals surface area (Å²) in [5.74, 6) is 2.48. The highest BCUT2D eigenvalue weighted by molar-refractivity contribution is 5.77. The van der Waals surface area contributed by atoms with Gasteiger partial charge >= 0.3 is 0 Å². The van der Waals surface area contributed by atoms with Gasteiger partial charge in [0.2, 0.25) is 0 Å². The Morgan fingerprint density at radius 1 is 1.32 bits per heavy atom. The number of nitrogens with one attached hydrogen (secondary N) is 1. The standard InChI is InChI=1S/C14H20N6O2/c1-20-13(18-9-19-20)8-17-14(15)16-7-10-4-5-11(21-2)12(6-10)22-3/h4-6,9H,7-8H2,1-3H3,(H3,15,16,17). The molecule has 0 aliphatic rings. The van der Waals surface area contributed by atoms with E-state index >= 15 is 0 Å². The summed E-state index contributed by atoms with van der Waals surface area (Å²) in [6.07, 6.45) is 1.49. The molecule has 0 fully saturated rings. The van der Waals surface area contributed by atoms with Gasteiger partial charge in [0, 0.05) is 7.05 Å². The lowest BCUT2D eigenvalue weighted by Crippen LogP contribution is -2.32. The number of hydrogen-bond acceptors (Lipinski definition) is 5. The Morgan fingerprint density at radius 3 is 2.73 bits per heavy atom. The number of aromatic nitrogens is 3. The van der Waals surface area contributed by atoms with Crippen LogP contribution in [0.15, 0.2) is 29.5 Å². The second kappa shape index (κ2) is 7.30. The fourth-order valence-electron chi connectivity index (χ4n) is 1.86. The molecule has 1 heterocycles. The summed E-state index contributed by atoms with van der Waals surface area (Å²) in [7, 11) is 5.02. The van der Waals surface area contributed by atoms with Crippen LogP contribution in [0, 0.1) is 0 Å². The number of rotatable bonds is 6. The molecule has 2 aromatic rings. The summed E-state index contributed by atoms with van der Waals surface area (Å²) in [6, 6.07) is 5.63. The van der Waals surface area contributed by atoms with Crippen molar-refractivity contribution in [1.82, 2.24) is 20.1 Å². The maximum Gasteiger partial charge on any atom is 0.189 e. The summed E-state index contributed by atoms with van der Waals surface area (Å²) in [6.45, 7) is 0.912. The number of guanidine groups is 1. The third-order valence-electron chi connectivity index (χ3n) is 3.11. The molecule has 0 amide bonds. The average molecular weight is 304 g/mol. The molecule has 0 spiro atoms. The van der Waals surface area contributed by atoms with E-state index in [1.165, 1.54) is 6.33 Å². The molecule has 0 unspecified atom stereocenters. The number of benzene rings is 1. The van der Waals surface area contributed by atoms with Gasteiger partial charge in [-0.25, -0.2) is 9.98 Å². The van der Waals surface area contributed by atoms with Crippen molar-refractivity contribution in [2.24, 2.45) is 17.8 Å². The number of nitrogens with zero attached hydrogens (tertiary/aromatic N) is 4. The van der Waals surface area contributed by atoms with Crippen LogP contribution < -0.4 is 20.5 Å². The SMILES string of the molecule is COc1ccc(CN=C(N)NCc2ncnn2C)cc1OC.